The van der Waals surface area contributed by atoms with Crippen LogP contribution in [0.15, 0.2) is 15.6 Å². The van der Waals surface area contributed by atoms with E-state index in [2.05, 4.69) is 62.2 Å². The van der Waals surface area contributed by atoms with Gasteiger partial charge in [0.1, 0.15) is 12.3 Å². The van der Waals surface area contributed by atoms with Crippen molar-refractivity contribution < 1.29 is 4.42 Å². The van der Waals surface area contributed by atoms with Crippen LogP contribution in [0.3, 0.4) is 0 Å². The second-order valence-electron chi connectivity index (χ2n) is 7.10. The molecule has 0 saturated heterocycles. The standard InChI is InChI=1S/C18H34N4O.HI/c1-7-9-10-11-14(3)22-17(19-8-2)21-13-16-20-12-15(23-16)18(4,5)6;/h12,14H,7-11,13H2,1-6H3,(H2,19,21,22);1H. The molecule has 0 radical (unpaired) electrons. The highest BCUT2D eigenvalue weighted by Gasteiger charge is 2.19. The minimum atomic E-state index is -0.0223. The molecule has 140 valence electrons. The van der Waals surface area contributed by atoms with E-state index in [1.807, 2.05) is 0 Å². The fraction of sp³-hybridized carbons (Fsp3) is 0.778. The largest absolute Gasteiger partial charge is 0.443 e. The molecule has 0 amide bonds. The zero-order valence-electron chi connectivity index (χ0n) is 16.1. The van der Waals surface area contributed by atoms with Gasteiger partial charge in [-0.25, -0.2) is 9.98 Å². The van der Waals surface area contributed by atoms with E-state index in [9.17, 15) is 0 Å². The molecule has 0 aliphatic carbocycles. The summed E-state index contributed by atoms with van der Waals surface area (Å²) in [6.45, 7) is 14.1. The highest BCUT2D eigenvalue weighted by molar-refractivity contribution is 14.0. The number of unbranched alkanes of at least 4 members (excludes halogenated alkanes) is 2. The summed E-state index contributed by atoms with van der Waals surface area (Å²) < 4.78 is 5.79. The molecule has 1 atom stereocenters. The first-order valence-corrected chi connectivity index (χ1v) is 8.86. The maximum atomic E-state index is 5.79. The number of oxazole rings is 1. The Morgan fingerprint density at radius 2 is 2.00 bits per heavy atom. The average molecular weight is 450 g/mol. The van der Waals surface area contributed by atoms with Crippen molar-refractivity contribution in [2.24, 2.45) is 4.99 Å². The highest BCUT2D eigenvalue weighted by atomic mass is 127. The molecule has 1 unspecified atom stereocenters. The van der Waals surface area contributed by atoms with Crippen molar-refractivity contribution in [1.82, 2.24) is 15.6 Å². The van der Waals surface area contributed by atoms with Crippen LogP contribution in [0.5, 0.6) is 0 Å². The quantitative estimate of drug-likeness (QED) is 0.263. The van der Waals surface area contributed by atoms with E-state index in [0.29, 0.717) is 18.5 Å². The Bertz CT molecular complexity index is 480. The molecule has 0 bridgehead atoms. The Morgan fingerprint density at radius 3 is 2.54 bits per heavy atom. The van der Waals surface area contributed by atoms with Crippen LogP contribution in [-0.4, -0.2) is 23.5 Å². The molecule has 24 heavy (non-hydrogen) atoms. The normalized spacial score (nSPS) is 13.3. The van der Waals surface area contributed by atoms with Crippen LogP contribution >= 0.6 is 24.0 Å². The molecule has 0 aliphatic heterocycles. The molecule has 2 N–H and O–H groups in total. The molecule has 1 rings (SSSR count). The van der Waals surface area contributed by atoms with Gasteiger partial charge in [-0.05, 0) is 20.3 Å². The topological polar surface area (TPSA) is 62.5 Å². The number of hydrogen-bond acceptors (Lipinski definition) is 3. The van der Waals surface area contributed by atoms with E-state index >= 15 is 0 Å². The monoisotopic (exact) mass is 450 g/mol. The zero-order valence-corrected chi connectivity index (χ0v) is 18.4. The van der Waals surface area contributed by atoms with Gasteiger partial charge in [-0.15, -0.1) is 24.0 Å². The van der Waals surface area contributed by atoms with Crippen LogP contribution in [0.25, 0.3) is 0 Å². The van der Waals surface area contributed by atoms with Gasteiger partial charge in [-0.3, -0.25) is 0 Å². The lowest BCUT2D eigenvalue weighted by atomic mass is 9.94. The summed E-state index contributed by atoms with van der Waals surface area (Å²) in [4.78, 5) is 8.91. The summed E-state index contributed by atoms with van der Waals surface area (Å²) in [6.07, 6.45) is 6.75. The molecular formula is C18H35IN4O. The van der Waals surface area contributed by atoms with Gasteiger partial charge in [-0.2, -0.15) is 0 Å². The second-order valence-corrected chi connectivity index (χ2v) is 7.10. The van der Waals surface area contributed by atoms with Crippen LogP contribution in [0.2, 0.25) is 0 Å². The van der Waals surface area contributed by atoms with E-state index in [-0.39, 0.29) is 29.4 Å². The SMILES string of the molecule is CCCCCC(C)NC(=NCc1ncc(C(C)(C)C)o1)NCC.I. The van der Waals surface area contributed by atoms with Crippen molar-refractivity contribution in [3.63, 3.8) is 0 Å². The van der Waals surface area contributed by atoms with Crippen molar-refractivity contribution in [2.75, 3.05) is 6.54 Å². The molecule has 0 saturated carbocycles. The van der Waals surface area contributed by atoms with Gasteiger partial charge in [0, 0.05) is 18.0 Å². The fourth-order valence-electron chi connectivity index (χ4n) is 2.20. The van der Waals surface area contributed by atoms with Crippen LogP contribution in [0.1, 0.15) is 78.9 Å². The predicted octanol–water partition coefficient (Wildman–Crippen LogP) is 4.61. The fourth-order valence-corrected chi connectivity index (χ4v) is 2.20. The van der Waals surface area contributed by atoms with Gasteiger partial charge in [0.05, 0.1) is 6.20 Å². The maximum Gasteiger partial charge on any atom is 0.216 e. The summed E-state index contributed by atoms with van der Waals surface area (Å²) in [5.74, 6) is 2.38. The first kappa shape index (κ1) is 23.2. The minimum Gasteiger partial charge on any atom is -0.443 e. The van der Waals surface area contributed by atoms with Gasteiger partial charge < -0.3 is 15.1 Å². The number of rotatable bonds is 8. The van der Waals surface area contributed by atoms with E-state index < -0.39 is 0 Å². The molecule has 6 heteroatoms. The van der Waals surface area contributed by atoms with Gasteiger partial charge >= 0.3 is 0 Å². The number of nitrogens with zero attached hydrogens (tertiary/aromatic N) is 2. The minimum absolute atomic E-state index is 0. The second kappa shape index (κ2) is 11.7. The summed E-state index contributed by atoms with van der Waals surface area (Å²) in [5.41, 5.74) is -0.0223. The first-order valence-electron chi connectivity index (χ1n) is 8.86. The van der Waals surface area contributed by atoms with Crippen molar-refractivity contribution in [2.45, 2.75) is 85.2 Å². The van der Waals surface area contributed by atoms with E-state index in [1.165, 1.54) is 19.3 Å². The molecule has 5 nitrogen and oxygen atoms in total. The summed E-state index contributed by atoms with van der Waals surface area (Å²) in [7, 11) is 0. The van der Waals surface area contributed by atoms with Gasteiger partial charge in [0.2, 0.25) is 5.89 Å². The summed E-state index contributed by atoms with van der Waals surface area (Å²) in [5, 5.41) is 6.73. The van der Waals surface area contributed by atoms with E-state index in [0.717, 1.165) is 24.7 Å². The van der Waals surface area contributed by atoms with Crippen LogP contribution in [0, 0.1) is 0 Å². The van der Waals surface area contributed by atoms with E-state index in [1.54, 1.807) is 6.20 Å². The molecular weight excluding hydrogens is 415 g/mol. The first-order chi connectivity index (χ1) is 10.9. The van der Waals surface area contributed by atoms with Crippen LogP contribution in [-0.2, 0) is 12.0 Å². The lowest BCUT2D eigenvalue weighted by molar-refractivity contribution is 0.383. The smallest absolute Gasteiger partial charge is 0.216 e. The third-order valence-corrected chi connectivity index (χ3v) is 3.63. The Balaban J connectivity index is 0.00000529. The number of aliphatic imine (C=N–C) groups is 1. The molecule has 0 spiro atoms. The molecule has 1 aromatic heterocycles. The molecule has 0 fully saturated rings. The molecule has 1 aromatic rings. The average Bonchev–Trinajstić information content (AvgIpc) is 2.94. The highest BCUT2D eigenvalue weighted by Crippen LogP contribution is 2.22. The molecule has 0 aromatic carbocycles. The van der Waals surface area contributed by atoms with Crippen LogP contribution < -0.4 is 10.6 Å². The lowest BCUT2D eigenvalue weighted by Gasteiger charge is -2.17. The molecule has 1 heterocycles. The summed E-state index contributed by atoms with van der Waals surface area (Å²) >= 11 is 0. The Kier molecular flexibility index (Phi) is 11.3. The maximum absolute atomic E-state index is 5.79. The third-order valence-electron chi connectivity index (χ3n) is 3.63. The third kappa shape index (κ3) is 8.89. The number of aromatic nitrogens is 1. The van der Waals surface area contributed by atoms with E-state index in [4.69, 9.17) is 4.42 Å². The number of hydrogen-bond donors (Lipinski definition) is 2. The lowest BCUT2D eigenvalue weighted by Crippen LogP contribution is -2.42. The Labute approximate surface area is 164 Å². The van der Waals surface area contributed by atoms with Crippen molar-refractivity contribution in [3.05, 3.63) is 17.8 Å². The van der Waals surface area contributed by atoms with Crippen molar-refractivity contribution in [1.29, 1.82) is 0 Å². The van der Waals surface area contributed by atoms with Crippen LogP contribution in [0.4, 0.5) is 0 Å². The predicted molar refractivity (Wildman–Crippen MR) is 112 cm³/mol. The molecule has 0 aliphatic rings. The number of nitrogens with one attached hydrogen (secondary N) is 2. The number of halogens is 1. The van der Waals surface area contributed by atoms with Gasteiger partial charge in [0.25, 0.3) is 0 Å². The summed E-state index contributed by atoms with van der Waals surface area (Å²) in [6, 6.07) is 0.411. The van der Waals surface area contributed by atoms with Crippen molar-refractivity contribution in [3.8, 4) is 0 Å². The number of guanidine groups is 1. The Hall–Kier alpha value is -0.790. The Morgan fingerprint density at radius 1 is 1.29 bits per heavy atom. The zero-order chi connectivity index (χ0) is 17.3. The van der Waals surface area contributed by atoms with Crippen molar-refractivity contribution >= 4 is 29.9 Å². The van der Waals surface area contributed by atoms with Gasteiger partial charge in [-0.1, -0.05) is 47.0 Å². The van der Waals surface area contributed by atoms with Gasteiger partial charge in [0.15, 0.2) is 5.96 Å².